The van der Waals surface area contributed by atoms with Crippen molar-refractivity contribution < 1.29 is 9.47 Å². The molecule has 0 aliphatic carbocycles. The van der Waals surface area contributed by atoms with Crippen LogP contribution in [0.15, 0.2) is 24.3 Å². The molecule has 1 aromatic carbocycles. The summed E-state index contributed by atoms with van der Waals surface area (Å²) in [6, 6.07) is 8.34. The molecule has 2 aromatic rings. The van der Waals surface area contributed by atoms with E-state index in [0.717, 1.165) is 50.7 Å². The van der Waals surface area contributed by atoms with Crippen LogP contribution in [0, 0.1) is 6.92 Å². The average Bonchev–Trinajstić information content (AvgIpc) is 2.79. The summed E-state index contributed by atoms with van der Waals surface area (Å²) >= 11 is 0. The molecule has 0 saturated carbocycles. The number of aromatic nitrogens is 1. The van der Waals surface area contributed by atoms with Crippen LogP contribution in [0.2, 0.25) is 0 Å². The van der Waals surface area contributed by atoms with Crippen LogP contribution in [0.25, 0.3) is 10.9 Å². The van der Waals surface area contributed by atoms with Crippen molar-refractivity contribution in [3.63, 3.8) is 0 Å². The van der Waals surface area contributed by atoms with Crippen molar-refractivity contribution in [2.45, 2.75) is 6.92 Å². The summed E-state index contributed by atoms with van der Waals surface area (Å²) in [6.07, 6.45) is 0. The molecule has 0 amide bonds. The number of hydrogen-bond acceptors (Lipinski definition) is 3. The van der Waals surface area contributed by atoms with Gasteiger partial charge in [-0.05, 0) is 31.2 Å². The van der Waals surface area contributed by atoms with Crippen molar-refractivity contribution in [2.24, 2.45) is 0 Å². The molecule has 0 unspecified atom stereocenters. The van der Waals surface area contributed by atoms with E-state index in [1.165, 1.54) is 11.1 Å². The molecule has 1 fully saturated rings. The summed E-state index contributed by atoms with van der Waals surface area (Å²) in [5.74, 6) is 0.944. The Morgan fingerprint density at radius 3 is 2.95 bits per heavy atom. The van der Waals surface area contributed by atoms with Gasteiger partial charge < -0.3 is 14.5 Å². The van der Waals surface area contributed by atoms with Crippen LogP contribution in [-0.2, 0) is 4.74 Å². The second-order valence-corrected chi connectivity index (χ2v) is 5.00. The number of ether oxygens (including phenoxy) is 2. The summed E-state index contributed by atoms with van der Waals surface area (Å²) < 4.78 is 11.2. The monoisotopic (exact) mass is 260 g/mol. The summed E-state index contributed by atoms with van der Waals surface area (Å²) in [4.78, 5) is 5.69. The zero-order chi connectivity index (χ0) is 13.1. The van der Waals surface area contributed by atoms with E-state index in [9.17, 15) is 0 Å². The topological polar surface area (TPSA) is 37.5 Å². The lowest BCUT2D eigenvalue weighted by Gasteiger charge is -2.26. The first-order valence-corrected chi connectivity index (χ1v) is 6.83. The van der Waals surface area contributed by atoms with Crippen molar-refractivity contribution in [3.8, 4) is 5.75 Å². The highest BCUT2D eigenvalue weighted by atomic mass is 16.5. The van der Waals surface area contributed by atoms with Gasteiger partial charge >= 0.3 is 0 Å². The van der Waals surface area contributed by atoms with Crippen molar-refractivity contribution in [2.75, 3.05) is 39.5 Å². The summed E-state index contributed by atoms with van der Waals surface area (Å²) in [5.41, 5.74) is 2.35. The van der Waals surface area contributed by atoms with Gasteiger partial charge in [-0.2, -0.15) is 0 Å². The Morgan fingerprint density at radius 2 is 2.11 bits per heavy atom. The number of benzene rings is 1. The van der Waals surface area contributed by atoms with Crippen molar-refractivity contribution in [1.82, 2.24) is 9.88 Å². The smallest absolute Gasteiger partial charge is 0.120 e. The highest BCUT2D eigenvalue weighted by molar-refractivity contribution is 5.81. The molecule has 1 aliphatic rings. The molecule has 1 aromatic heterocycles. The molecule has 0 radical (unpaired) electrons. The third kappa shape index (κ3) is 3.08. The van der Waals surface area contributed by atoms with Crippen molar-refractivity contribution >= 4 is 10.9 Å². The Bertz CT molecular complexity index is 544. The SMILES string of the molecule is Cc1cc2cc(OCCN3CCOCC3)ccc2[nH]1. The average molecular weight is 260 g/mol. The molecule has 0 spiro atoms. The lowest BCUT2D eigenvalue weighted by Crippen LogP contribution is -2.38. The maximum atomic E-state index is 5.83. The number of hydrogen-bond donors (Lipinski definition) is 1. The van der Waals surface area contributed by atoms with Gasteiger partial charge in [0.25, 0.3) is 0 Å². The van der Waals surface area contributed by atoms with Crippen LogP contribution in [0.4, 0.5) is 0 Å². The maximum Gasteiger partial charge on any atom is 0.120 e. The molecular formula is C15H20N2O2. The van der Waals surface area contributed by atoms with E-state index >= 15 is 0 Å². The zero-order valence-corrected chi connectivity index (χ0v) is 11.3. The van der Waals surface area contributed by atoms with Crippen LogP contribution in [0.1, 0.15) is 5.69 Å². The first-order chi connectivity index (χ1) is 9.31. The lowest BCUT2D eigenvalue weighted by molar-refractivity contribution is 0.0322. The fraction of sp³-hybridized carbons (Fsp3) is 0.467. The second-order valence-electron chi connectivity index (χ2n) is 5.00. The first-order valence-electron chi connectivity index (χ1n) is 6.83. The van der Waals surface area contributed by atoms with E-state index in [4.69, 9.17) is 9.47 Å². The molecule has 1 N–H and O–H groups in total. The van der Waals surface area contributed by atoms with E-state index < -0.39 is 0 Å². The highest BCUT2D eigenvalue weighted by Crippen LogP contribution is 2.21. The second kappa shape index (κ2) is 5.63. The Labute approximate surface area is 113 Å². The van der Waals surface area contributed by atoms with E-state index in [-0.39, 0.29) is 0 Å². The summed E-state index contributed by atoms with van der Waals surface area (Å²) in [7, 11) is 0. The molecule has 4 heteroatoms. The Kier molecular flexibility index (Phi) is 3.71. The fourth-order valence-corrected chi connectivity index (χ4v) is 2.46. The third-order valence-corrected chi connectivity index (χ3v) is 3.51. The van der Waals surface area contributed by atoms with Crippen molar-refractivity contribution in [3.05, 3.63) is 30.0 Å². The van der Waals surface area contributed by atoms with E-state index in [2.05, 4.69) is 35.0 Å². The molecule has 2 heterocycles. The third-order valence-electron chi connectivity index (χ3n) is 3.51. The minimum absolute atomic E-state index is 0.731. The normalized spacial score (nSPS) is 16.9. The quantitative estimate of drug-likeness (QED) is 0.915. The first kappa shape index (κ1) is 12.5. The maximum absolute atomic E-state index is 5.83. The van der Waals surface area contributed by atoms with Gasteiger partial charge in [0, 0.05) is 36.2 Å². The molecule has 0 atom stereocenters. The van der Waals surface area contributed by atoms with Gasteiger partial charge in [-0.25, -0.2) is 0 Å². The molecule has 3 rings (SSSR count). The van der Waals surface area contributed by atoms with Crippen LogP contribution in [0.3, 0.4) is 0 Å². The minimum atomic E-state index is 0.731. The van der Waals surface area contributed by atoms with E-state index in [1.807, 2.05) is 6.07 Å². The molecule has 4 nitrogen and oxygen atoms in total. The van der Waals surface area contributed by atoms with Crippen LogP contribution >= 0.6 is 0 Å². The number of morpholine rings is 1. The number of nitrogens with one attached hydrogen (secondary N) is 1. The fourth-order valence-electron chi connectivity index (χ4n) is 2.46. The van der Waals surface area contributed by atoms with Gasteiger partial charge in [0.1, 0.15) is 12.4 Å². The minimum Gasteiger partial charge on any atom is -0.492 e. The zero-order valence-electron chi connectivity index (χ0n) is 11.3. The van der Waals surface area contributed by atoms with Crippen LogP contribution < -0.4 is 4.74 Å². The van der Waals surface area contributed by atoms with Gasteiger partial charge in [0.2, 0.25) is 0 Å². The molecule has 1 saturated heterocycles. The molecular weight excluding hydrogens is 240 g/mol. The van der Waals surface area contributed by atoms with Crippen LogP contribution in [0.5, 0.6) is 5.75 Å². The summed E-state index contributed by atoms with van der Waals surface area (Å²) in [6.45, 7) is 7.48. The number of nitrogens with zero attached hydrogens (tertiary/aromatic N) is 1. The van der Waals surface area contributed by atoms with Crippen LogP contribution in [-0.4, -0.2) is 49.3 Å². The summed E-state index contributed by atoms with van der Waals surface area (Å²) in [5, 5.41) is 1.21. The van der Waals surface area contributed by atoms with Gasteiger partial charge in [-0.3, -0.25) is 4.90 Å². The number of rotatable bonds is 4. The van der Waals surface area contributed by atoms with Crippen molar-refractivity contribution in [1.29, 1.82) is 0 Å². The molecule has 0 bridgehead atoms. The molecule has 102 valence electrons. The number of H-pyrrole nitrogens is 1. The predicted octanol–water partition coefficient (Wildman–Crippen LogP) is 2.19. The van der Waals surface area contributed by atoms with E-state index in [1.54, 1.807) is 0 Å². The largest absolute Gasteiger partial charge is 0.492 e. The standard InChI is InChI=1S/C15H20N2O2/c1-12-10-13-11-14(2-3-15(13)16-12)19-9-6-17-4-7-18-8-5-17/h2-3,10-11,16H,4-9H2,1H3. The molecule has 19 heavy (non-hydrogen) atoms. The molecule has 1 aliphatic heterocycles. The number of aryl methyl sites for hydroxylation is 1. The lowest BCUT2D eigenvalue weighted by atomic mass is 10.2. The van der Waals surface area contributed by atoms with Gasteiger partial charge in [-0.1, -0.05) is 0 Å². The number of fused-ring (bicyclic) bond motifs is 1. The Balaban J connectivity index is 1.55. The van der Waals surface area contributed by atoms with E-state index in [0.29, 0.717) is 0 Å². The van der Waals surface area contributed by atoms with Gasteiger partial charge in [0.15, 0.2) is 0 Å². The highest BCUT2D eigenvalue weighted by Gasteiger charge is 2.09. The number of aromatic amines is 1. The predicted molar refractivity (Wildman–Crippen MR) is 75.8 cm³/mol. The van der Waals surface area contributed by atoms with Gasteiger partial charge in [-0.15, -0.1) is 0 Å². The Morgan fingerprint density at radius 1 is 1.26 bits per heavy atom. The van der Waals surface area contributed by atoms with Gasteiger partial charge in [0.05, 0.1) is 13.2 Å². The Hall–Kier alpha value is -1.52.